The molecule has 0 spiro atoms. The minimum Gasteiger partial charge on any atom is -0.481 e. The fourth-order valence-corrected chi connectivity index (χ4v) is 1.20. The van der Waals surface area contributed by atoms with Crippen molar-refractivity contribution in [1.82, 2.24) is 0 Å². The molecule has 76 valence electrons. The average molecular weight is 184 g/mol. The first-order valence-corrected chi connectivity index (χ1v) is 5.05. The Bertz CT molecular complexity index is 161. The largest absolute Gasteiger partial charge is 0.481 e. The Labute approximate surface area is 80.7 Å². The van der Waals surface area contributed by atoms with Crippen LogP contribution in [0.25, 0.3) is 0 Å². The lowest BCUT2D eigenvalue weighted by Crippen LogP contribution is -1.94. The number of allylic oxidation sites excluding steroid dienone is 1. The van der Waals surface area contributed by atoms with Crippen LogP contribution >= 0.6 is 0 Å². The minimum absolute atomic E-state index is 0.293. The van der Waals surface area contributed by atoms with Crippen molar-refractivity contribution in [3.05, 3.63) is 12.2 Å². The van der Waals surface area contributed by atoms with E-state index in [2.05, 4.69) is 13.5 Å². The molecule has 0 heterocycles. The summed E-state index contributed by atoms with van der Waals surface area (Å²) in [5.74, 6) is -0.695. The molecule has 0 amide bonds. The highest BCUT2D eigenvalue weighted by Gasteiger charge is 1.98. The Morgan fingerprint density at radius 2 is 1.69 bits per heavy atom. The zero-order valence-electron chi connectivity index (χ0n) is 8.51. The van der Waals surface area contributed by atoms with Crippen molar-refractivity contribution in [1.29, 1.82) is 0 Å². The van der Waals surface area contributed by atoms with Gasteiger partial charge >= 0.3 is 5.97 Å². The molecule has 0 radical (unpaired) electrons. The molecule has 0 saturated carbocycles. The van der Waals surface area contributed by atoms with Gasteiger partial charge in [-0.05, 0) is 32.1 Å². The molecule has 0 unspecified atom stereocenters. The number of hydrogen-bond acceptors (Lipinski definition) is 1. The van der Waals surface area contributed by atoms with E-state index in [4.69, 9.17) is 5.11 Å². The van der Waals surface area contributed by atoms with E-state index >= 15 is 0 Å². The first-order valence-electron chi connectivity index (χ1n) is 5.05. The summed E-state index contributed by atoms with van der Waals surface area (Å²) in [5.41, 5.74) is 1.27. The van der Waals surface area contributed by atoms with Crippen molar-refractivity contribution in [3.8, 4) is 0 Å². The highest BCUT2D eigenvalue weighted by atomic mass is 16.4. The number of hydrogen-bond donors (Lipinski definition) is 1. The molecule has 0 saturated heterocycles. The molecule has 0 bridgehead atoms. The first-order chi connectivity index (χ1) is 6.16. The van der Waals surface area contributed by atoms with Crippen LogP contribution in [0.4, 0.5) is 0 Å². The summed E-state index contributed by atoms with van der Waals surface area (Å²) in [4.78, 5) is 10.2. The fraction of sp³-hybridized carbons (Fsp3) is 0.727. The van der Waals surface area contributed by atoms with E-state index in [1.165, 1.54) is 18.4 Å². The number of carboxylic acids is 1. The van der Waals surface area contributed by atoms with Gasteiger partial charge in [0, 0.05) is 6.42 Å². The monoisotopic (exact) mass is 184 g/mol. The fourth-order valence-electron chi connectivity index (χ4n) is 1.20. The molecular weight excluding hydrogens is 164 g/mol. The normalized spacial score (nSPS) is 9.92. The second-order valence-electron chi connectivity index (χ2n) is 3.45. The van der Waals surface area contributed by atoms with Gasteiger partial charge in [-0.15, -0.1) is 0 Å². The molecular formula is C11H20O2. The molecule has 0 aliphatic rings. The molecule has 1 N–H and O–H groups in total. The number of aliphatic carboxylic acids is 1. The zero-order valence-corrected chi connectivity index (χ0v) is 8.51. The molecule has 0 aliphatic heterocycles. The van der Waals surface area contributed by atoms with Crippen LogP contribution in [0.2, 0.25) is 0 Å². The van der Waals surface area contributed by atoms with Gasteiger partial charge in [0.25, 0.3) is 0 Å². The third kappa shape index (κ3) is 9.12. The lowest BCUT2D eigenvalue weighted by atomic mass is 10.0. The van der Waals surface area contributed by atoms with E-state index in [1.807, 2.05) is 0 Å². The summed E-state index contributed by atoms with van der Waals surface area (Å²) in [5, 5.41) is 8.40. The maximum Gasteiger partial charge on any atom is 0.303 e. The van der Waals surface area contributed by atoms with E-state index in [0.717, 1.165) is 25.7 Å². The number of rotatable bonds is 8. The minimum atomic E-state index is -0.695. The molecule has 2 heteroatoms. The van der Waals surface area contributed by atoms with Gasteiger partial charge in [0.1, 0.15) is 0 Å². The van der Waals surface area contributed by atoms with Gasteiger partial charge in [0.05, 0.1) is 0 Å². The molecule has 0 fully saturated rings. The van der Waals surface area contributed by atoms with E-state index in [9.17, 15) is 4.79 Å². The Morgan fingerprint density at radius 1 is 1.15 bits per heavy atom. The van der Waals surface area contributed by atoms with Crippen LogP contribution in [0.15, 0.2) is 12.2 Å². The van der Waals surface area contributed by atoms with Crippen molar-refractivity contribution >= 4 is 5.97 Å². The van der Waals surface area contributed by atoms with Crippen molar-refractivity contribution in [2.45, 2.75) is 51.9 Å². The predicted molar refractivity (Wildman–Crippen MR) is 54.8 cm³/mol. The Kier molecular flexibility index (Phi) is 7.36. The lowest BCUT2D eigenvalue weighted by Gasteiger charge is -2.03. The van der Waals surface area contributed by atoms with Gasteiger partial charge in [-0.1, -0.05) is 25.5 Å². The van der Waals surface area contributed by atoms with E-state index in [1.54, 1.807) is 0 Å². The highest BCUT2D eigenvalue weighted by molar-refractivity contribution is 5.66. The zero-order chi connectivity index (χ0) is 10.1. The summed E-state index contributed by atoms with van der Waals surface area (Å²) in [6, 6.07) is 0. The molecule has 0 atom stereocenters. The van der Waals surface area contributed by atoms with Crippen LogP contribution in [0.3, 0.4) is 0 Å². The highest BCUT2D eigenvalue weighted by Crippen LogP contribution is 2.13. The van der Waals surface area contributed by atoms with Gasteiger partial charge in [-0.3, -0.25) is 4.79 Å². The van der Waals surface area contributed by atoms with E-state index < -0.39 is 5.97 Å². The van der Waals surface area contributed by atoms with Crippen LogP contribution in [0, 0.1) is 0 Å². The van der Waals surface area contributed by atoms with Gasteiger partial charge in [-0.25, -0.2) is 0 Å². The molecule has 0 aromatic rings. The molecule has 0 aliphatic carbocycles. The smallest absolute Gasteiger partial charge is 0.303 e. The summed E-state index contributed by atoms with van der Waals surface area (Å²) >= 11 is 0. The van der Waals surface area contributed by atoms with Crippen molar-refractivity contribution in [2.24, 2.45) is 0 Å². The maximum atomic E-state index is 10.2. The SMILES string of the molecule is C=C(CCCC)CCCCC(=O)O. The summed E-state index contributed by atoms with van der Waals surface area (Å²) in [7, 11) is 0. The van der Waals surface area contributed by atoms with Gasteiger partial charge in [-0.2, -0.15) is 0 Å². The van der Waals surface area contributed by atoms with Crippen molar-refractivity contribution < 1.29 is 9.90 Å². The Hall–Kier alpha value is -0.790. The Balaban J connectivity index is 3.22. The second-order valence-corrected chi connectivity index (χ2v) is 3.45. The number of carboxylic acid groups (broad SMARTS) is 1. The Morgan fingerprint density at radius 3 is 2.23 bits per heavy atom. The van der Waals surface area contributed by atoms with Crippen LogP contribution < -0.4 is 0 Å². The summed E-state index contributed by atoms with van der Waals surface area (Å²) < 4.78 is 0. The maximum absolute atomic E-state index is 10.2. The average Bonchev–Trinajstić information content (AvgIpc) is 2.08. The quantitative estimate of drug-likeness (QED) is 0.464. The van der Waals surface area contributed by atoms with Gasteiger partial charge in [0.15, 0.2) is 0 Å². The lowest BCUT2D eigenvalue weighted by molar-refractivity contribution is -0.137. The summed E-state index contributed by atoms with van der Waals surface area (Å²) in [6.45, 7) is 6.13. The van der Waals surface area contributed by atoms with Crippen LogP contribution in [-0.4, -0.2) is 11.1 Å². The van der Waals surface area contributed by atoms with E-state index in [-0.39, 0.29) is 0 Å². The summed E-state index contributed by atoms with van der Waals surface area (Å²) in [6.07, 6.45) is 6.54. The third-order valence-electron chi connectivity index (χ3n) is 2.05. The van der Waals surface area contributed by atoms with Crippen molar-refractivity contribution in [3.63, 3.8) is 0 Å². The second kappa shape index (κ2) is 7.84. The standard InChI is InChI=1S/C11H20O2/c1-3-4-7-10(2)8-5-6-9-11(12)13/h2-9H2,1H3,(H,12,13). The van der Waals surface area contributed by atoms with Gasteiger partial charge < -0.3 is 5.11 Å². The van der Waals surface area contributed by atoms with Crippen LogP contribution in [0.5, 0.6) is 0 Å². The van der Waals surface area contributed by atoms with Gasteiger partial charge in [0.2, 0.25) is 0 Å². The van der Waals surface area contributed by atoms with E-state index in [0.29, 0.717) is 6.42 Å². The third-order valence-corrected chi connectivity index (χ3v) is 2.05. The molecule has 13 heavy (non-hydrogen) atoms. The molecule has 0 aromatic heterocycles. The first kappa shape index (κ1) is 12.2. The molecule has 2 nitrogen and oxygen atoms in total. The van der Waals surface area contributed by atoms with Crippen LogP contribution in [-0.2, 0) is 4.79 Å². The molecule has 0 aromatic carbocycles. The van der Waals surface area contributed by atoms with Crippen LogP contribution in [0.1, 0.15) is 51.9 Å². The number of unbranched alkanes of at least 4 members (excludes halogenated alkanes) is 2. The number of carbonyl (C=O) groups is 1. The molecule has 0 rings (SSSR count). The predicted octanol–water partition coefficient (Wildman–Crippen LogP) is 3.38. The van der Waals surface area contributed by atoms with Crippen molar-refractivity contribution in [2.75, 3.05) is 0 Å². The topological polar surface area (TPSA) is 37.3 Å².